The van der Waals surface area contributed by atoms with E-state index in [1.54, 1.807) is 4.90 Å². The number of imide groups is 1. The van der Waals surface area contributed by atoms with E-state index in [1.807, 2.05) is 0 Å². The van der Waals surface area contributed by atoms with Gasteiger partial charge in [0.15, 0.2) is 0 Å². The Hall–Kier alpha value is -3.38. The number of piperidine rings is 1. The van der Waals surface area contributed by atoms with Gasteiger partial charge in [0.1, 0.15) is 11.2 Å². The third-order valence-electron chi connectivity index (χ3n) is 7.22. The van der Waals surface area contributed by atoms with Crippen LogP contribution in [0.25, 0.3) is 0 Å². The molecule has 4 rings (SSSR count). The second-order valence-corrected chi connectivity index (χ2v) is 9.53. The molecule has 4 amide bonds. The van der Waals surface area contributed by atoms with Crippen molar-refractivity contribution < 1.29 is 32.5 Å². The molecule has 1 aromatic carbocycles. The van der Waals surface area contributed by atoms with Crippen molar-refractivity contribution in [3.05, 3.63) is 33.9 Å². The molecule has 1 saturated carbocycles. The average Bonchev–Trinajstić information content (AvgIpc) is 3.04. The van der Waals surface area contributed by atoms with Gasteiger partial charge in [-0.1, -0.05) is 6.92 Å². The van der Waals surface area contributed by atoms with E-state index in [9.17, 15) is 37.7 Å². The Morgan fingerprint density at radius 1 is 1.17 bits per heavy atom. The summed E-state index contributed by atoms with van der Waals surface area (Å²) in [5.74, 6) is -1.10. The van der Waals surface area contributed by atoms with Gasteiger partial charge in [-0.2, -0.15) is 18.2 Å². The van der Waals surface area contributed by atoms with Crippen LogP contribution in [0.2, 0.25) is 0 Å². The van der Waals surface area contributed by atoms with Crippen molar-refractivity contribution in [2.45, 2.75) is 57.2 Å². The first kappa shape index (κ1) is 24.7. The topological polar surface area (TPSA) is 125 Å². The van der Waals surface area contributed by atoms with Gasteiger partial charge in [0.2, 0.25) is 5.91 Å². The predicted octanol–water partition coefficient (Wildman–Crippen LogP) is 3.36. The number of nitro benzene ring substituents is 1. The van der Waals surface area contributed by atoms with Crippen LogP contribution < -0.4 is 15.6 Å². The zero-order valence-corrected chi connectivity index (χ0v) is 19.1. The molecule has 3 fully saturated rings. The van der Waals surface area contributed by atoms with E-state index >= 15 is 0 Å². The number of hydrazine groups is 1. The highest BCUT2D eigenvalue weighted by Gasteiger charge is 2.53. The quantitative estimate of drug-likeness (QED) is 0.373. The Bertz CT molecular complexity index is 1050. The van der Waals surface area contributed by atoms with Crippen molar-refractivity contribution in [2.75, 3.05) is 18.0 Å². The number of carbonyl (C=O) groups is 3. The van der Waals surface area contributed by atoms with Gasteiger partial charge in [0, 0.05) is 25.1 Å². The number of anilines is 1. The Morgan fingerprint density at radius 2 is 1.80 bits per heavy atom. The van der Waals surface area contributed by atoms with Crippen molar-refractivity contribution in [3.8, 4) is 0 Å². The van der Waals surface area contributed by atoms with Gasteiger partial charge in [-0.25, -0.2) is 4.79 Å². The fraction of sp³-hybridized carbons (Fsp3) is 0.591. The molecule has 2 aliphatic heterocycles. The predicted molar refractivity (Wildman–Crippen MR) is 117 cm³/mol. The highest BCUT2D eigenvalue weighted by molar-refractivity contribution is 6.08. The lowest BCUT2D eigenvalue weighted by atomic mass is 9.77. The fourth-order valence-electron chi connectivity index (χ4n) is 5.01. The number of amides is 4. The molecule has 190 valence electrons. The average molecular weight is 497 g/mol. The Morgan fingerprint density at radius 3 is 2.37 bits per heavy atom. The molecule has 3 aliphatic rings. The number of rotatable bonds is 4. The van der Waals surface area contributed by atoms with Gasteiger partial charge < -0.3 is 10.2 Å². The summed E-state index contributed by atoms with van der Waals surface area (Å²) < 4.78 is 38.9. The lowest BCUT2D eigenvalue weighted by Gasteiger charge is -2.34. The SMILES string of the molecule is CC1CCC2(CC1)NC(=O)N(NC(=O)C1CCN(c3ccc(C(F)(F)F)cc3[N+](=O)[O-])CC1)C2=O. The van der Waals surface area contributed by atoms with Crippen LogP contribution in [-0.4, -0.2) is 46.4 Å². The van der Waals surface area contributed by atoms with Crippen LogP contribution in [0.3, 0.4) is 0 Å². The van der Waals surface area contributed by atoms with Gasteiger partial charge in [-0.15, -0.1) is 0 Å². The summed E-state index contributed by atoms with van der Waals surface area (Å²) in [6.45, 7) is 2.46. The number of hydrogen-bond acceptors (Lipinski definition) is 6. The Kier molecular flexibility index (Phi) is 6.36. The Balaban J connectivity index is 1.39. The number of urea groups is 1. The van der Waals surface area contributed by atoms with E-state index in [-0.39, 0.29) is 31.6 Å². The molecule has 1 aliphatic carbocycles. The lowest BCUT2D eigenvalue weighted by molar-refractivity contribution is -0.384. The monoisotopic (exact) mass is 497 g/mol. The number of carbonyl (C=O) groups excluding carboxylic acids is 3. The Labute approximate surface area is 198 Å². The highest BCUT2D eigenvalue weighted by atomic mass is 19.4. The summed E-state index contributed by atoms with van der Waals surface area (Å²) in [5.41, 5.74) is -0.287. The standard InChI is InChI=1S/C22H26F3N5O5/c1-13-4-8-21(9-5-13)19(32)29(20(33)26-21)27-18(31)14-6-10-28(11-7-14)16-3-2-15(22(23,24)25)12-17(16)30(34)35/h2-3,12-14H,4-11H2,1H3,(H,26,33)(H,27,31). The van der Waals surface area contributed by atoms with Crippen molar-refractivity contribution in [2.24, 2.45) is 11.8 Å². The summed E-state index contributed by atoms with van der Waals surface area (Å²) in [6, 6.07) is 1.70. The summed E-state index contributed by atoms with van der Waals surface area (Å²) >= 11 is 0. The first-order valence-corrected chi connectivity index (χ1v) is 11.5. The lowest BCUT2D eigenvalue weighted by Crippen LogP contribution is -2.53. The second kappa shape index (κ2) is 9.00. The maximum Gasteiger partial charge on any atom is 0.416 e. The van der Waals surface area contributed by atoms with E-state index in [0.717, 1.165) is 30.0 Å². The van der Waals surface area contributed by atoms with E-state index < -0.39 is 51.7 Å². The van der Waals surface area contributed by atoms with Crippen molar-refractivity contribution in [1.29, 1.82) is 0 Å². The van der Waals surface area contributed by atoms with Gasteiger partial charge >= 0.3 is 12.2 Å². The number of halogens is 3. The van der Waals surface area contributed by atoms with Crippen LogP contribution >= 0.6 is 0 Å². The minimum absolute atomic E-state index is 0.0458. The number of alkyl halides is 3. The van der Waals surface area contributed by atoms with Crippen molar-refractivity contribution in [1.82, 2.24) is 15.8 Å². The van der Waals surface area contributed by atoms with E-state index in [2.05, 4.69) is 17.7 Å². The summed E-state index contributed by atoms with van der Waals surface area (Å²) in [4.78, 5) is 50.3. The first-order valence-electron chi connectivity index (χ1n) is 11.5. The van der Waals surface area contributed by atoms with Gasteiger partial charge in [-0.05, 0) is 56.6 Å². The largest absolute Gasteiger partial charge is 0.416 e. The zero-order chi connectivity index (χ0) is 25.5. The molecule has 0 bridgehead atoms. The minimum atomic E-state index is -4.71. The molecule has 2 N–H and O–H groups in total. The number of benzene rings is 1. The van der Waals surface area contributed by atoms with Crippen molar-refractivity contribution in [3.63, 3.8) is 0 Å². The first-order chi connectivity index (χ1) is 16.4. The van der Waals surface area contributed by atoms with Gasteiger partial charge in [-0.3, -0.25) is 25.1 Å². The summed E-state index contributed by atoms with van der Waals surface area (Å²) in [5, 5.41) is 14.9. The third kappa shape index (κ3) is 4.76. The van der Waals surface area contributed by atoms with Crippen molar-refractivity contribution >= 4 is 29.2 Å². The van der Waals surface area contributed by atoms with Crippen LogP contribution in [0.1, 0.15) is 51.0 Å². The molecule has 1 aromatic rings. The fourth-order valence-corrected chi connectivity index (χ4v) is 5.01. The van der Waals surface area contributed by atoms with E-state index in [0.29, 0.717) is 24.8 Å². The molecular weight excluding hydrogens is 471 g/mol. The molecule has 2 heterocycles. The van der Waals surface area contributed by atoms with Crippen LogP contribution in [0, 0.1) is 22.0 Å². The molecule has 0 aromatic heterocycles. The molecule has 0 radical (unpaired) electrons. The smallest absolute Gasteiger partial charge is 0.366 e. The summed E-state index contributed by atoms with van der Waals surface area (Å²) in [6.07, 6.45) is -1.61. The van der Waals surface area contributed by atoms with Gasteiger partial charge in [0.05, 0.1) is 10.5 Å². The number of nitro groups is 1. The normalized spacial score (nSPS) is 25.7. The second-order valence-electron chi connectivity index (χ2n) is 9.53. The zero-order valence-electron chi connectivity index (χ0n) is 19.1. The minimum Gasteiger partial charge on any atom is -0.366 e. The molecule has 1 spiro atoms. The van der Waals surface area contributed by atoms with Crippen LogP contribution in [0.15, 0.2) is 18.2 Å². The molecule has 0 atom stereocenters. The molecule has 0 unspecified atom stereocenters. The maximum atomic E-state index is 13.0. The number of nitrogens with one attached hydrogen (secondary N) is 2. The van der Waals surface area contributed by atoms with Crippen LogP contribution in [0.4, 0.5) is 29.3 Å². The molecular formula is C22H26F3N5O5. The third-order valence-corrected chi connectivity index (χ3v) is 7.22. The van der Waals surface area contributed by atoms with E-state index in [1.165, 1.54) is 0 Å². The maximum absolute atomic E-state index is 13.0. The van der Waals surface area contributed by atoms with Gasteiger partial charge in [0.25, 0.3) is 11.6 Å². The molecule has 35 heavy (non-hydrogen) atoms. The van der Waals surface area contributed by atoms with Crippen LogP contribution in [0.5, 0.6) is 0 Å². The number of nitrogens with zero attached hydrogens (tertiary/aromatic N) is 3. The molecule has 2 saturated heterocycles. The highest BCUT2D eigenvalue weighted by Crippen LogP contribution is 2.38. The molecule has 13 heteroatoms. The number of hydrogen-bond donors (Lipinski definition) is 2. The molecule has 10 nitrogen and oxygen atoms in total. The van der Waals surface area contributed by atoms with Crippen LogP contribution in [-0.2, 0) is 15.8 Å². The summed E-state index contributed by atoms with van der Waals surface area (Å²) in [7, 11) is 0. The van der Waals surface area contributed by atoms with E-state index in [4.69, 9.17) is 0 Å².